The molecule has 6 rings (SSSR count). The van der Waals surface area contributed by atoms with Crippen molar-refractivity contribution in [1.82, 2.24) is 19.7 Å². The molecule has 2 aliphatic rings. The number of fused-ring (bicyclic) bond motifs is 2. The van der Waals surface area contributed by atoms with E-state index in [0.29, 0.717) is 28.9 Å². The van der Waals surface area contributed by atoms with E-state index in [1.807, 2.05) is 0 Å². The van der Waals surface area contributed by atoms with Crippen LogP contribution in [0.2, 0.25) is 0 Å². The van der Waals surface area contributed by atoms with Crippen LogP contribution in [-0.4, -0.2) is 44.8 Å². The van der Waals surface area contributed by atoms with Crippen molar-refractivity contribution in [2.45, 2.75) is 37.5 Å². The van der Waals surface area contributed by atoms with Gasteiger partial charge in [0.1, 0.15) is 11.4 Å². The summed E-state index contributed by atoms with van der Waals surface area (Å²) in [6, 6.07) is 11.0. The molecule has 8 nitrogen and oxygen atoms in total. The fourth-order valence-electron chi connectivity index (χ4n) is 5.54. The molecular weight excluding hydrogens is 592 g/mol. The second kappa shape index (κ2) is 10.4. The third kappa shape index (κ3) is 5.24. The van der Waals surface area contributed by atoms with Crippen molar-refractivity contribution >= 4 is 17.7 Å². The van der Waals surface area contributed by atoms with Crippen LogP contribution in [-0.2, 0) is 22.4 Å². The number of nitrogens with zero attached hydrogens (tertiary/aromatic N) is 4. The minimum atomic E-state index is -4.96. The number of pyridine rings is 1. The highest BCUT2D eigenvalue weighted by molar-refractivity contribution is 5.94. The first-order valence-electron chi connectivity index (χ1n) is 13.4. The van der Waals surface area contributed by atoms with Gasteiger partial charge in [-0.05, 0) is 48.5 Å². The van der Waals surface area contributed by atoms with Crippen LogP contribution in [0.3, 0.4) is 0 Å². The fraction of sp³-hybridized carbons (Fsp3) is 0.267. The molecule has 44 heavy (non-hydrogen) atoms. The Morgan fingerprint density at radius 2 is 1.77 bits per heavy atom. The van der Waals surface area contributed by atoms with Gasteiger partial charge >= 0.3 is 12.3 Å². The average Bonchev–Trinajstić information content (AvgIpc) is 3.42. The van der Waals surface area contributed by atoms with Gasteiger partial charge in [0.2, 0.25) is 0 Å². The number of benzene rings is 2. The Morgan fingerprint density at radius 3 is 2.43 bits per heavy atom. The van der Waals surface area contributed by atoms with Crippen LogP contribution in [0, 0.1) is 5.82 Å². The van der Waals surface area contributed by atoms with E-state index in [1.54, 1.807) is 12.1 Å². The predicted octanol–water partition coefficient (Wildman–Crippen LogP) is 6.90. The maximum absolute atomic E-state index is 14.1. The number of carbonyl (C=O) groups excluding carboxylic acids is 2. The van der Waals surface area contributed by atoms with Gasteiger partial charge in [-0.3, -0.25) is 15.1 Å². The molecule has 0 saturated carbocycles. The first kappa shape index (κ1) is 29.2. The summed E-state index contributed by atoms with van der Waals surface area (Å²) in [5.74, 6) is -5.15. The molecule has 1 N–H and O–H groups in total. The number of amides is 2. The summed E-state index contributed by atoms with van der Waals surface area (Å²) in [6.45, 7) is 0.879. The minimum Gasteiger partial charge on any atom is -0.438 e. The summed E-state index contributed by atoms with van der Waals surface area (Å²) in [5.41, 5.74) is -1.83. The number of ether oxygens (including phenoxy) is 1. The summed E-state index contributed by atoms with van der Waals surface area (Å²) < 4.78 is 89.5. The predicted molar refractivity (Wildman–Crippen MR) is 145 cm³/mol. The van der Waals surface area contributed by atoms with Gasteiger partial charge in [-0.25, -0.2) is 22.6 Å². The first-order chi connectivity index (χ1) is 20.7. The smallest absolute Gasteiger partial charge is 0.419 e. The number of anilines is 1. The van der Waals surface area contributed by atoms with Gasteiger partial charge in [0.05, 0.1) is 22.6 Å². The van der Waals surface area contributed by atoms with Gasteiger partial charge < -0.3 is 9.64 Å². The Labute approximate surface area is 246 Å². The second-order valence-corrected chi connectivity index (χ2v) is 10.7. The summed E-state index contributed by atoms with van der Waals surface area (Å²) in [7, 11) is 0. The van der Waals surface area contributed by atoms with Crippen LogP contribution in [0.25, 0.3) is 16.9 Å². The van der Waals surface area contributed by atoms with Crippen LogP contribution >= 0.6 is 0 Å². The van der Waals surface area contributed by atoms with Gasteiger partial charge in [-0.1, -0.05) is 6.07 Å². The van der Waals surface area contributed by atoms with E-state index in [0.717, 1.165) is 17.7 Å². The molecule has 2 amide bonds. The number of nitrogens with one attached hydrogen (secondary N) is 1. The molecule has 14 heteroatoms. The van der Waals surface area contributed by atoms with Crippen LogP contribution in [0.1, 0.15) is 46.9 Å². The van der Waals surface area contributed by atoms with Crippen molar-refractivity contribution in [2.24, 2.45) is 0 Å². The third-order valence-electron chi connectivity index (χ3n) is 7.79. The van der Waals surface area contributed by atoms with Crippen molar-refractivity contribution in [3.8, 4) is 16.9 Å². The van der Waals surface area contributed by atoms with Crippen LogP contribution < -0.4 is 5.32 Å². The molecule has 2 aromatic carbocycles. The lowest BCUT2D eigenvalue weighted by atomic mass is 9.81. The van der Waals surface area contributed by atoms with E-state index < -0.39 is 41.1 Å². The van der Waals surface area contributed by atoms with Crippen molar-refractivity contribution in [3.63, 3.8) is 0 Å². The van der Waals surface area contributed by atoms with Gasteiger partial charge in [0.15, 0.2) is 5.69 Å². The van der Waals surface area contributed by atoms with Crippen molar-refractivity contribution in [1.29, 1.82) is 0 Å². The van der Waals surface area contributed by atoms with Gasteiger partial charge in [0, 0.05) is 61.9 Å². The zero-order valence-corrected chi connectivity index (χ0v) is 23.0. The monoisotopic (exact) mass is 615 g/mol. The van der Waals surface area contributed by atoms with E-state index in [-0.39, 0.29) is 48.6 Å². The summed E-state index contributed by atoms with van der Waals surface area (Å²) in [4.78, 5) is 31.5. The number of aromatic nitrogens is 3. The second-order valence-electron chi connectivity index (χ2n) is 10.7. The SMILES string of the molecule is CC(F)(F)c1ccc2c(c1)C1(CCN(C(=O)c3cc(-c4cccnc4)n(-c4ccc(F)c(C(F)(F)F)c4)n3)CC1)OC(=O)N2. The Morgan fingerprint density at radius 1 is 1.02 bits per heavy atom. The van der Waals surface area contributed by atoms with Gasteiger partial charge in [-0.2, -0.15) is 18.3 Å². The number of alkyl halides is 5. The molecule has 4 aromatic rings. The molecule has 0 atom stereocenters. The molecule has 228 valence electrons. The molecule has 0 aliphatic carbocycles. The Balaban J connectivity index is 1.32. The largest absolute Gasteiger partial charge is 0.438 e. The molecule has 2 aliphatic heterocycles. The molecule has 0 radical (unpaired) electrons. The highest BCUT2D eigenvalue weighted by atomic mass is 19.4. The number of hydrogen-bond acceptors (Lipinski definition) is 5. The lowest BCUT2D eigenvalue weighted by Crippen LogP contribution is -2.50. The summed E-state index contributed by atoms with van der Waals surface area (Å²) in [6.07, 6.45) is -2.57. The minimum absolute atomic E-state index is 0.0577. The van der Waals surface area contributed by atoms with Gasteiger partial charge in [-0.15, -0.1) is 0 Å². The molecule has 0 bridgehead atoms. The molecule has 1 spiro atoms. The number of halogens is 6. The van der Waals surface area contributed by atoms with E-state index in [1.165, 1.54) is 41.6 Å². The van der Waals surface area contributed by atoms with Gasteiger partial charge in [0.25, 0.3) is 11.8 Å². The van der Waals surface area contributed by atoms with E-state index in [9.17, 15) is 35.9 Å². The zero-order valence-electron chi connectivity index (χ0n) is 23.0. The Kier molecular flexibility index (Phi) is 6.89. The average molecular weight is 616 g/mol. The maximum atomic E-state index is 14.1. The molecule has 1 fully saturated rings. The Bertz CT molecular complexity index is 1760. The maximum Gasteiger partial charge on any atom is 0.419 e. The van der Waals surface area contributed by atoms with Crippen LogP contribution in [0.4, 0.5) is 36.8 Å². The quantitative estimate of drug-likeness (QED) is 0.253. The molecule has 0 unspecified atom stereocenters. The number of rotatable bonds is 4. The molecule has 2 aromatic heterocycles. The summed E-state index contributed by atoms with van der Waals surface area (Å²) in [5, 5.41) is 6.83. The molecular formula is C30H23F6N5O3. The highest BCUT2D eigenvalue weighted by Crippen LogP contribution is 2.45. The number of piperidine rings is 1. The number of carbonyl (C=O) groups is 2. The normalized spacial score (nSPS) is 16.3. The molecule has 1 saturated heterocycles. The standard InChI is InChI=1S/C30H23F6N5O3/c1-28(32,33)18-4-7-23-21(13-18)29(44-27(43)38-23)8-11-40(12-9-29)26(42)24-15-25(17-3-2-10-37-16-17)41(39-24)19-5-6-22(31)20(14-19)30(34,35)36/h2-7,10,13-16H,8-9,11-12H2,1H3,(H,38,43). The van der Waals surface area contributed by atoms with E-state index in [2.05, 4.69) is 15.4 Å². The summed E-state index contributed by atoms with van der Waals surface area (Å²) >= 11 is 0. The van der Waals surface area contributed by atoms with Crippen LogP contribution in [0.15, 0.2) is 67.0 Å². The van der Waals surface area contributed by atoms with E-state index >= 15 is 0 Å². The van der Waals surface area contributed by atoms with E-state index in [4.69, 9.17) is 4.74 Å². The molecule has 4 heterocycles. The lowest BCUT2D eigenvalue weighted by Gasteiger charge is -2.44. The highest BCUT2D eigenvalue weighted by Gasteiger charge is 2.46. The first-order valence-corrected chi connectivity index (χ1v) is 13.4. The Hall–Kier alpha value is -4.88. The third-order valence-corrected chi connectivity index (χ3v) is 7.79. The zero-order chi connectivity index (χ0) is 31.4. The number of hydrogen-bond donors (Lipinski definition) is 1. The number of likely N-dealkylation sites (tertiary alicyclic amines) is 1. The van der Waals surface area contributed by atoms with Crippen molar-refractivity contribution < 1.29 is 40.7 Å². The fourth-order valence-corrected chi connectivity index (χ4v) is 5.54. The van der Waals surface area contributed by atoms with Crippen molar-refractivity contribution in [2.75, 3.05) is 18.4 Å². The topological polar surface area (TPSA) is 89.3 Å². The lowest BCUT2D eigenvalue weighted by molar-refractivity contribution is -0.140. The van der Waals surface area contributed by atoms with Crippen molar-refractivity contribution in [3.05, 3.63) is 95.2 Å². The van der Waals surface area contributed by atoms with Crippen LogP contribution in [0.5, 0.6) is 0 Å².